The van der Waals surface area contributed by atoms with E-state index in [2.05, 4.69) is 5.32 Å². The summed E-state index contributed by atoms with van der Waals surface area (Å²) in [5.41, 5.74) is 0.0133. The molecule has 0 radical (unpaired) electrons. The fourth-order valence-electron chi connectivity index (χ4n) is 1.46. The predicted octanol–water partition coefficient (Wildman–Crippen LogP) is 2.65. The highest BCUT2D eigenvalue weighted by atomic mass is 16.3. The zero-order valence-corrected chi connectivity index (χ0v) is 10.6. The standard InChI is InChI=1S/C15H12N2O3/c16-10-12(4-1-5-13-6-2-8-19-13)15(18)17-11-14-7-3-9-20-14/h1-9H,11H2,(H,17,18)/b5-1+,12-4-. The van der Waals surface area contributed by atoms with Gasteiger partial charge in [-0.1, -0.05) is 6.08 Å². The highest BCUT2D eigenvalue weighted by Gasteiger charge is 2.07. The van der Waals surface area contributed by atoms with Crippen LogP contribution in [0.5, 0.6) is 0 Å². The van der Waals surface area contributed by atoms with Gasteiger partial charge in [0.25, 0.3) is 5.91 Å². The van der Waals surface area contributed by atoms with Crippen molar-refractivity contribution < 1.29 is 13.6 Å². The number of carbonyl (C=O) groups excluding carboxylic acids is 1. The first-order valence-corrected chi connectivity index (χ1v) is 5.92. The van der Waals surface area contributed by atoms with Crippen LogP contribution in [0.25, 0.3) is 6.08 Å². The van der Waals surface area contributed by atoms with Crippen LogP contribution in [0, 0.1) is 11.3 Å². The van der Waals surface area contributed by atoms with Gasteiger partial charge in [0, 0.05) is 0 Å². The predicted molar refractivity (Wildman–Crippen MR) is 72.0 cm³/mol. The van der Waals surface area contributed by atoms with E-state index in [0.717, 1.165) is 0 Å². The van der Waals surface area contributed by atoms with Crippen LogP contribution in [-0.2, 0) is 11.3 Å². The summed E-state index contributed by atoms with van der Waals surface area (Å²) in [6.07, 6.45) is 7.75. The molecule has 2 aromatic rings. The van der Waals surface area contributed by atoms with Crippen molar-refractivity contribution in [3.8, 4) is 6.07 Å². The maximum Gasteiger partial charge on any atom is 0.262 e. The van der Waals surface area contributed by atoms with Gasteiger partial charge >= 0.3 is 0 Å². The fourth-order valence-corrected chi connectivity index (χ4v) is 1.46. The van der Waals surface area contributed by atoms with E-state index in [1.807, 2.05) is 6.07 Å². The molecule has 5 nitrogen and oxygen atoms in total. The van der Waals surface area contributed by atoms with Crippen molar-refractivity contribution in [1.82, 2.24) is 5.32 Å². The quantitative estimate of drug-likeness (QED) is 0.513. The molecule has 0 fully saturated rings. The third kappa shape index (κ3) is 3.75. The summed E-state index contributed by atoms with van der Waals surface area (Å²) in [4.78, 5) is 11.8. The number of amides is 1. The average molecular weight is 268 g/mol. The molecule has 0 spiro atoms. The smallest absolute Gasteiger partial charge is 0.262 e. The van der Waals surface area contributed by atoms with E-state index in [1.165, 1.54) is 12.3 Å². The van der Waals surface area contributed by atoms with Gasteiger partial charge in [0.2, 0.25) is 0 Å². The number of furan rings is 2. The molecule has 0 atom stereocenters. The van der Waals surface area contributed by atoms with E-state index in [9.17, 15) is 4.79 Å². The minimum Gasteiger partial charge on any atom is -0.467 e. The molecule has 2 rings (SSSR count). The summed E-state index contributed by atoms with van der Waals surface area (Å²) in [6.45, 7) is 0.243. The minimum atomic E-state index is -0.451. The van der Waals surface area contributed by atoms with Gasteiger partial charge in [-0.05, 0) is 36.4 Å². The summed E-state index contributed by atoms with van der Waals surface area (Å²) in [5, 5.41) is 11.5. The van der Waals surface area contributed by atoms with Crippen molar-refractivity contribution in [2.45, 2.75) is 6.54 Å². The molecule has 2 aromatic heterocycles. The van der Waals surface area contributed by atoms with Crippen LogP contribution in [0.4, 0.5) is 0 Å². The Morgan fingerprint density at radius 2 is 2.10 bits per heavy atom. The Balaban J connectivity index is 1.93. The number of hydrogen-bond donors (Lipinski definition) is 1. The normalized spacial score (nSPS) is 11.4. The zero-order chi connectivity index (χ0) is 14.2. The van der Waals surface area contributed by atoms with Gasteiger partial charge in [0.1, 0.15) is 23.2 Å². The molecule has 20 heavy (non-hydrogen) atoms. The van der Waals surface area contributed by atoms with Crippen LogP contribution >= 0.6 is 0 Å². The van der Waals surface area contributed by atoms with Gasteiger partial charge in [-0.15, -0.1) is 0 Å². The number of nitrogens with one attached hydrogen (secondary N) is 1. The van der Waals surface area contributed by atoms with Crippen LogP contribution in [0.15, 0.2) is 63.4 Å². The van der Waals surface area contributed by atoms with Crippen LogP contribution in [-0.4, -0.2) is 5.91 Å². The van der Waals surface area contributed by atoms with E-state index in [4.69, 9.17) is 14.1 Å². The van der Waals surface area contributed by atoms with Gasteiger partial charge in [-0.3, -0.25) is 4.79 Å². The second-order valence-corrected chi connectivity index (χ2v) is 3.83. The van der Waals surface area contributed by atoms with Crippen molar-refractivity contribution in [1.29, 1.82) is 5.26 Å². The molecule has 0 saturated heterocycles. The summed E-state index contributed by atoms with van der Waals surface area (Å²) < 4.78 is 10.2. The maximum absolute atomic E-state index is 11.8. The third-order valence-corrected chi connectivity index (χ3v) is 2.43. The summed E-state index contributed by atoms with van der Waals surface area (Å²) >= 11 is 0. The summed E-state index contributed by atoms with van der Waals surface area (Å²) in [7, 11) is 0. The van der Waals surface area contributed by atoms with Crippen LogP contribution in [0.3, 0.4) is 0 Å². The Kier molecular flexibility index (Phi) is 4.57. The first-order chi connectivity index (χ1) is 9.79. The second-order valence-electron chi connectivity index (χ2n) is 3.83. The lowest BCUT2D eigenvalue weighted by Crippen LogP contribution is -2.23. The van der Waals surface area contributed by atoms with E-state index < -0.39 is 5.91 Å². The number of carbonyl (C=O) groups is 1. The molecular formula is C15H12N2O3. The van der Waals surface area contributed by atoms with E-state index in [1.54, 1.807) is 42.7 Å². The molecule has 1 amide bonds. The molecule has 5 heteroatoms. The molecule has 1 N–H and O–H groups in total. The van der Waals surface area contributed by atoms with Gasteiger partial charge in [0.15, 0.2) is 0 Å². The van der Waals surface area contributed by atoms with E-state index in [-0.39, 0.29) is 12.1 Å². The van der Waals surface area contributed by atoms with E-state index in [0.29, 0.717) is 11.5 Å². The lowest BCUT2D eigenvalue weighted by molar-refractivity contribution is -0.117. The summed E-state index contributed by atoms with van der Waals surface area (Å²) in [5.74, 6) is 0.823. The molecule has 0 unspecified atom stereocenters. The van der Waals surface area contributed by atoms with Crippen molar-refractivity contribution in [3.63, 3.8) is 0 Å². The maximum atomic E-state index is 11.8. The van der Waals surface area contributed by atoms with Crippen molar-refractivity contribution >= 4 is 12.0 Å². The second kappa shape index (κ2) is 6.81. The monoisotopic (exact) mass is 268 g/mol. The molecule has 0 saturated carbocycles. The molecule has 0 aliphatic carbocycles. The third-order valence-electron chi connectivity index (χ3n) is 2.43. The SMILES string of the molecule is N#C/C(=C/C=C/c1ccco1)C(=O)NCc1ccco1. The lowest BCUT2D eigenvalue weighted by Gasteiger charge is -2.00. The lowest BCUT2D eigenvalue weighted by atomic mass is 10.2. The molecule has 100 valence electrons. The van der Waals surface area contributed by atoms with Gasteiger partial charge in [0.05, 0.1) is 19.1 Å². The molecule has 0 aromatic carbocycles. The number of allylic oxidation sites excluding steroid dienone is 2. The molecule has 2 heterocycles. The highest BCUT2D eigenvalue weighted by Crippen LogP contribution is 2.04. The van der Waals surface area contributed by atoms with Crippen LogP contribution in [0.2, 0.25) is 0 Å². The highest BCUT2D eigenvalue weighted by molar-refractivity contribution is 5.97. The minimum absolute atomic E-state index is 0.0133. The van der Waals surface area contributed by atoms with Crippen LogP contribution in [0.1, 0.15) is 11.5 Å². The molecule has 0 aliphatic rings. The number of nitrogens with zero attached hydrogens (tertiary/aromatic N) is 1. The van der Waals surface area contributed by atoms with Crippen molar-refractivity contribution in [3.05, 3.63) is 66.0 Å². The van der Waals surface area contributed by atoms with Gasteiger partial charge < -0.3 is 14.2 Å². The Labute approximate surface area is 115 Å². The van der Waals surface area contributed by atoms with Crippen LogP contribution < -0.4 is 5.32 Å². The molecule has 0 bridgehead atoms. The molecular weight excluding hydrogens is 256 g/mol. The van der Waals surface area contributed by atoms with E-state index >= 15 is 0 Å². The first-order valence-electron chi connectivity index (χ1n) is 5.92. The number of rotatable bonds is 5. The zero-order valence-electron chi connectivity index (χ0n) is 10.6. The Morgan fingerprint density at radius 1 is 1.30 bits per heavy atom. The van der Waals surface area contributed by atoms with Crippen molar-refractivity contribution in [2.75, 3.05) is 0 Å². The first kappa shape index (κ1) is 13.4. The summed E-state index contributed by atoms with van der Waals surface area (Å²) in [6, 6.07) is 8.85. The van der Waals surface area contributed by atoms with Crippen molar-refractivity contribution in [2.24, 2.45) is 0 Å². The topological polar surface area (TPSA) is 79.2 Å². The Bertz CT molecular complexity index is 644. The Hall–Kier alpha value is -3.00. The average Bonchev–Trinajstić information content (AvgIpc) is 3.14. The Morgan fingerprint density at radius 3 is 2.75 bits per heavy atom. The fraction of sp³-hybridized carbons (Fsp3) is 0.0667. The number of hydrogen-bond acceptors (Lipinski definition) is 4. The van der Waals surface area contributed by atoms with Gasteiger partial charge in [-0.25, -0.2) is 0 Å². The largest absolute Gasteiger partial charge is 0.467 e. The number of nitriles is 1. The molecule has 0 aliphatic heterocycles. The van der Waals surface area contributed by atoms with Gasteiger partial charge in [-0.2, -0.15) is 5.26 Å².